The van der Waals surface area contributed by atoms with Crippen LogP contribution in [-0.4, -0.2) is 35.1 Å². The predicted molar refractivity (Wildman–Crippen MR) is 116 cm³/mol. The lowest BCUT2D eigenvalue weighted by Gasteiger charge is -2.43. The van der Waals surface area contributed by atoms with Crippen LogP contribution in [0.1, 0.15) is 18.0 Å². The maximum atomic E-state index is 12.9. The lowest BCUT2D eigenvalue weighted by Crippen LogP contribution is -2.50. The van der Waals surface area contributed by atoms with Crippen molar-refractivity contribution in [2.75, 3.05) is 19.7 Å². The van der Waals surface area contributed by atoms with Gasteiger partial charge in [0.25, 0.3) is 11.5 Å². The highest BCUT2D eigenvalue weighted by Crippen LogP contribution is 2.39. The molecule has 2 unspecified atom stereocenters. The standard InChI is InChI=1S/C25H24N2O3/c28-23-12-11-22(19-7-3-1-4-8-19)25-20-13-18(15-27(23)25)14-26(16-20)24(29)17-30-21-9-5-2-6-10-21/h1-12,18,20H,13-17H2. The van der Waals surface area contributed by atoms with Gasteiger partial charge < -0.3 is 14.2 Å². The van der Waals surface area contributed by atoms with Crippen molar-refractivity contribution in [3.05, 3.63) is 88.8 Å². The number of carbonyl (C=O) groups excluding carboxylic acids is 1. The van der Waals surface area contributed by atoms with E-state index >= 15 is 0 Å². The van der Waals surface area contributed by atoms with Crippen LogP contribution in [0, 0.1) is 5.92 Å². The van der Waals surface area contributed by atoms with Crippen molar-refractivity contribution in [3.63, 3.8) is 0 Å². The molecule has 2 aromatic carbocycles. The van der Waals surface area contributed by atoms with Gasteiger partial charge in [0.1, 0.15) is 5.75 Å². The molecule has 5 nitrogen and oxygen atoms in total. The lowest BCUT2D eigenvalue weighted by molar-refractivity contribution is -0.136. The molecule has 0 N–H and O–H groups in total. The molecule has 5 heteroatoms. The monoisotopic (exact) mass is 400 g/mol. The normalized spacial score (nSPS) is 19.8. The maximum absolute atomic E-state index is 12.9. The van der Waals surface area contributed by atoms with Gasteiger partial charge in [0.05, 0.1) is 0 Å². The van der Waals surface area contributed by atoms with Crippen molar-refractivity contribution >= 4 is 5.91 Å². The fourth-order valence-corrected chi connectivity index (χ4v) is 4.83. The Labute approximate surface area is 175 Å². The third-order valence-electron chi connectivity index (χ3n) is 6.13. The van der Waals surface area contributed by atoms with E-state index in [9.17, 15) is 9.59 Å². The number of hydrogen-bond donors (Lipinski definition) is 0. The number of pyridine rings is 1. The molecule has 2 aliphatic heterocycles. The summed E-state index contributed by atoms with van der Waals surface area (Å²) in [6.45, 7) is 2.00. The van der Waals surface area contributed by atoms with E-state index in [4.69, 9.17) is 4.74 Å². The number of para-hydroxylation sites is 1. The van der Waals surface area contributed by atoms with Gasteiger partial charge in [-0.3, -0.25) is 9.59 Å². The first-order valence-corrected chi connectivity index (χ1v) is 10.4. The molecule has 2 bridgehead atoms. The van der Waals surface area contributed by atoms with Crippen LogP contribution in [0.5, 0.6) is 5.75 Å². The van der Waals surface area contributed by atoms with Gasteiger partial charge in [0.2, 0.25) is 0 Å². The first kappa shape index (κ1) is 18.7. The van der Waals surface area contributed by atoms with E-state index in [1.54, 1.807) is 6.07 Å². The van der Waals surface area contributed by atoms with Crippen LogP contribution >= 0.6 is 0 Å². The Bertz CT molecular complexity index is 1110. The second-order valence-corrected chi connectivity index (χ2v) is 8.15. The highest BCUT2D eigenvalue weighted by Gasteiger charge is 2.37. The van der Waals surface area contributed by atoms with Crippen molar-refractivity contribution in [1.29, 1.82) is 0 Å². The Kier molecular flexibility index (Phi) is 4.87. The molecule has 1 fully saturated rings. The maximum Gasteiger partial charge on any atom is 0.260 e. The topological polar surface area (TPSA) is 51.5 Å². The summed E-state index contributed by atoms with van der Waals surface area (Å²) < 4.78 is 7.61. The molecule has 2 atom stereocenters. The largest absolute Gasteiger partial charge is 0.484 e. The Hall–Kier alpha value is -3.34. The number of piperidine rings is 1. The molecule has 3 heterocycles. The number of ether oxygens (including phenoxy) is 1. The average Bonchev–Trinajstić information content (AvgIpc) is 2.79. The average molecular weight is 400 g/mol. The third kappa shape index (κ3) is 3.52. The number of likely N-dealkylation sites (tertiary alicyclic amines) is 1. The molecule has 2 aliphatic rings. The number of hydrogen-bond acceptors (Lipinski definition) is 3. The van der Waals surface area contributed by atoms with Crippen molar-refractivity contribution < 1.29 is 9.53 Å². The fraction of sp³-hybridized carbons (Fsp3) is 0.280. The first-order valence-electron chi connectivity index (χ1n) is 10.4. The van der Waals surface area contributed by atoms with Crippen molar-refractivity contribution in [2.45, 2.75) is 18.9 Å². The van der Waals surface area contributed by atoms with Gasteiger partial charge in [-0.1, -0.05) is 48.5 Å². The number of benzene rings is 2. The van der Waals surface area contributed by atoms with Crippen molar-refractivity contribution in [1.82, 2.24) is 9.47 Å². The van der Waals surface area contributed by atoms with Crippen LogP contribution in [0.3, 0.4) is 0 Å². The van der Waals surface area contributed by atoms with Crippen molar-refractivity contribution in [3.8, 4) is 16.9 Å². The van der Waals surface area contributed by atoms with Crippen LogP contribution in [0.2, 0.25) is 0 Å². The van der Waals surface area contributed by atoms with Crippen LogP contribution in [-0.2, 0) is 11.3 Å². The Balaban J connectivity index is 1.41. The van der Waals surface area contributed by atoms with E-state index in [1.807, 2.05) is 64.1 Å². The molecule has 0 spiro atoms. The second kappa shape index (κ2) is 7.82. The highest BCUT2D eigenvalue weighted by molar-refractivity contribution is 5.78. The Morgan fingerprint density at radius 2 is 1.63 bits per heavy atom. The van der Waals surface area contributed by atoms with Gasteiger partial charge in [0, 0.05) is 42.9 Å². The smallest absolute Gasteiger partial charge is 0.260 e. The molecular weight excluding hydrogens is 376 g/mol. The summed E-state index contributed by atoms with van der Waals surface area (Å²) >= 11 is 0. The van der Waals surface area contributed by atoms with Gasteiger partial charge in [-0.2, -0.15) is 0 Å². The van der Waals surface area contributed by atoms with Crippen LogP contribution in [0.15, 0.2) is 77.6 Å². The number of carbonyl (C=O) groups is 1. The van der Waals surface area contributed by atoms with E-state index in [0.29, 0.717) is 31.3 Å². The molecule has 3 aromatic rings. The van der Waals surface area contributed by atoms with Gasteiger partial charge in [-0.25, -0.2) is 0 Å². The van der Waals surface area contributed by atoms with E-state index < -0.39 is 0 Å². The summed E-state index contributed by atoms with van der Waals surface area (Å²) in [6.07, 6.45) is 1.01. The summed E-state index contributed by atoms with van der Waals surface area (Å²) in [7, 11) is 0. The summed E-state index contributed by atoms with van der Waals surface area (Å²) in [5.74, 6) is 1.15. The quantitative estimate of drug-likeness (QED) is 0.673. The number of rotatable bonds is 4. The zero-order chi connectivity index (χ0) is 20.5. The molecule has 0 saturated carbocycles. The molecule has 1 aromatic heterocycles. The van der Waals surface area contributed by atoms with Gasteiger partial charge in [0.15, 0.2) is 6.61 Å². The molecular formula is C25H24N2O3. The Morgan fingerprint density at radius 3 is 2.40 bits per heavy atom. The second-order valence-electron chi connectivity index (χ2n) is 8.15. The zero-order valence-corrected chi connectivity index (χ0v) is 16.7. The Morgan fingerprint density at radius 1 is 0.900 bits per heavy atom. The summed E-state index contributed by atoms with van der Waals surface area (Å²) in [5, 5.41) is 0. The molecule has 0 radical (unpaired) electrons. The molecule has 1 saturated heterocycles. The van der Waals surface area contributed by atoms with E-state index in [-0.39, 0.29) is 24.0 Å². The fourth-order valence-electron chi connectivity index (χ4n) is 4.83. The SMILES string of the molecule is O=C(COc1ccccc1)N1CC2CC(C1)c1c(-c3ccccc3)ccc(=O)n1C2. The van der Waals surface area contributed by atoms with Crippen molar-refractivity contribution in [2.24, 2.45) is 5.92 Å². The number of amides is 1. The van der Waals surface area contributed by atoms with Gasteiger partial charge >= 0.3 is 0 Å². The molecule has 0 aliphatic carbocycles. The minimum atomic E-state index is 0.00143. The van der Waals surface area contributed by atoms with Crippen LogP contribution in [0.4, 0.5) is 0 Å². The lowest BCUT2D eigenvalue weighted by atomic mass is 9.80. The zero-order valence-electron chi connectivity index (χ0n) is 16.7. The van der Waals surface area contributed by atoms with E-state index in [1.165, 1.54) is 0 Å². The highest BCUT2D eigenvalue weighted by atomic mass is 16.5. The van der Waals surface area contributed by atoms with Crippen LogP contribution < -0.4 is 10.3 Å². The van der Waals surface area contributed by atoms with E-state index in [0.717, 1.165) is 23.2 Å². The molecule has 30 heavy (non-hydrogen) atoms. The number of nitrogens with zero attached hydrogens (tertiary/aromatic N) is 2. The van der Waals surface area contributed by atoms with Gasteiger partial charge in [-0.15, -0.1) is 0 Å². The number of fused-ring (bicyclic) bond motifs is 4. The minimum absolute atomic E-state index is 0.00143. The number of aromatic nitrogens is 1. The summed E-state index contributed by atoms with van der Waals surface area (Å²) in [6, 6.07) is 23.2. The molecule has 5 rings (SSSR count). The summed E-state index contributed by atoms with van der Waals surface area (Å²) in [4.78, 5) is 27.4. The van der Waals surface area contributed by atoms with Crippen LogP contribution in [0.25, 0.3) is 11.1 Å². The third-order valence-corrected chi connectivity index (χ3v) is 6.13. The first-order chi connectivity index (χ1) is 14.7. The van der Waals surface area contributed by atoms with E-state index in [2.05, 4.69) is 12.1 Å². The molecule has 1 amide bonds. The predicted octanol–water partition coefficient (Wildman–Crippen LogP) is 3.54. The molecule has 152 valence electrons. The minimum Gasteiger partial charge on any atom is -0.484 e. The van der Waals surface area contributed by atoms with Gasteiger partial charge in [-0.05, 0) is 36.1 Å². The summed E-state index contributed by atoms with van der Waals surface area (Å²) in [5.41, 5.74) is 3.31.